The lowest BCUT2D eigenvalue weighted by Gasteiger charge is -2.16. The molecule has 1 aromatic carbocycles. The number of carboxylic acids is 2. The van der Waals surface area contributed by atoms with Crippen molar-refractivity contribution in [2.24, 2.45) is 0 Å². The second kappa shape index (κ2) is 15.9. The Labute approximate surface area is 160 Å². The van der Waals surface area contributed by atoms with Gasteiger partial charge in [-0.05, 0) is 39.1 Å². The quantitative estimate of drug-likeness (QED) is 0.417. The molecule has 1 rings (SSSR count). The van der Waals surface area contributed by atoms with Crippen molar-refractivity contribution >= 4 is 11.9 Å². The lowest BCUT2D eigenvalue weighted by molar-refractivity contribution is -0.159. The topological polar surface area (TPSA) is 106 Å². The second-order valence-corrected chi connectivity index (χ2v) is 5.61. The van der Waals surface area contributed by atoms with Gasteiger partial charge in [0, 0.05) is 6.54 Å². The summed E-state index contributed by atoms with van der Waals surface area (Å²) in [5.41, 5.74) is 0. The Morgan fingerprint density at radius 2 is 1.52 bits per heavy atom. The second-order valence-electron chi connectivity index (χ2n) is 5.61. The third-order valence-corrected chi connectivity index (χ3v) is 3.33. The Hall–Kier alpha value is -2.32. The molecular weight excluding hydrogens is 354 g/mol. The van der Waals surface area contributed by atoms with E-state index in [1.54, 1.807) is 0 Å². The van der Waals surface area contributed by atoms with E-state index in [0.29, 0.717) is 19.8 Å². The van der Waals surface area contributed by atoms with Crippen LogP contribution in [0, 0.1) is 0 Å². The molecule has 0 radical (unpaired) electrons. The fourth-order valence-corrected chi connectivity index (χ4v) is 1.92. The molecule has 0 fully saturated rings. The third kappa shape index (κ3) is 13.5. The summed E-state index contributed by atoms with van der Waals surface area (Å²) in [6.45, 7) is 8.81. The minimum atomic E-state index is -1.82. The first-order chi connectivity index (χ1) is 12.9. The zero-order valence-corrected chi connectivity index (χ0v) is 16.3. The molecule has 0 saturated heterocycles. The zero-order chi connectivity index (χ0) is 20.5. The maximum absolute atomic E-state index is 9.10. The fourth-order valence-electron chi connectivity index (χ4n) is 1.92. The summed E-state index contributed by atoms with van der Waals surface area (Å²) >= 11 is 0. The van der Waals surface area contributed by atoms with E-state index in [1.165, 1.54) is 12.8 Å². The number of benzene rings is 1. The van der Waals surface area contributed by atoms with Gasteiger partial charge in [-0.2, -0.15) is 0 Å². The lowest BCUT2D eigenvalue weighted by atomic mass is 10.3. The minimum Gasteiger partial charge on any atom is -0.490 e. The van der Waals surface area contributed by atoms with Crippen LogP contribution in [0.1, 0.15) is 26.7 Å². The number of carbonyl (C=O) groups is 2. The van der Waals surface area contributed by atoms with Crippen LogP contribution < -0.4 is 9.47 Å². The van der Waals surface area contributed by atoms with Crippen LogP contribution in [0.3, 0.4) is 0 Å². The first-order valence-corrected chi connectivity index (χ1v) is 8.99. The van der Waals surface area contributed by atoms with Crippen molar-refractivity contribution < 1.29 is 34.0 Å². The Bertz CT molecular complexity index is 525. The Morgan fingerprint density at radius 1 is 0.926 bits per heavy atom. The number of unbranched alkanes of at least 4 members (excludes halogenated alkanes) is 1. The number of aliphatic carboxylic acids is 2. The maximum atomic E-state index is 9.10. The highest BCUT2D eigenvalue weighted by Gasteiger charge is 2.04. The van der Waals surface area contributed by atoms with E-state index in [2.05, 4.69) is 18.9 Å². The van der Waals surface area contributed by atoms with E-state index in [4.69, 9.17) is 34.0 Å². The van der Waals surface area contributed by atoms with E-state index >= 15 is 0 Å². The molecule has 0 aliphatic heterocycles. The number of ether oxygens (including phenoxy) is 3. The van der Waals surface area contributed by atoms with E-state index in [-0.39, 0.29) is 0 Å². The molecule has 1 aromatic rings. The molecular formula is C19H31NO7. The summed E-state index contributed by atoms with van der Waals surface area (Å²) in [6, 6.07) is 7.73. The van der Waals surface area contributed by atoms with E-state index in [0.717, 1.165) is 31.2 Å². The van der Waals surface area contributed by atoms with Crippen molar-refractivity contribution in [3.8, 4) is 11.5 Å². The van der Waals surface area contributed by atoms with Gasteiger partial charge in [0.2, 0.25) is 0 Å². The predicted octanol–water partition coefficient (Wildman–Crippen LogP) is 2.37. The lowest BCUT2D eigenvalue weighted by Crippen LogP contribution is -2.25. The van der Waals surface area contributed by atoms with Gasteiger partial charge in [0.15, 0.2) is 11.5 Å². The van der Waals surface area contributed by atoms with Crippen molar-refractivity contribution in [1.29, 1.82) is 0 Å². The molecule has 27 heavy (non-hydrogen) atoms. The standard InChI is InChI=1S/C17H29NO3.C2H2O4/c1-4-6-11-18(3)12-13-19-14-15-21-17-10-8-7-9-16(17)20-5-2;3-1(4)2(5)6/h7-10H,4-6,11-15H2,1-3H3;(H,3,4)(H,5,6). The van der Waals surface area contributed by atoms with E-state index in [1.807, 2.05) is 31.2 Å². The average molecular weight is 385 g/mol. The number of nitrogens with zero attached hydrogens (tertiary/aromatic N) is 1. The van der Waals surface area contributed by atoms with Crippen molar-refractivity contribution in [2.75, 3.05) is 46.6 Å². The highest BCUT2D eigenvalue weighted by molar-refractivity contribution is 6.27. The number of hydrogen-bond donors (Lipinski definition) is 2. The van der Waals surface area contributed by atoms with Gasteiger partial charge >= 0.3 is 11.9 Å². The monoisotopic (exact) mass is 385 g/mol. The number of para-hydroxylation sites is 2. The summed E-state index contributed by atoms with van der Waals surface area (Å²) in [7, 11) is 2.13. The van der Waals surface area contributed by atoms with Gasteiger partial charge in [-0.1, -0.05) is 25.5 Å². The largest absolute Gasteiger partial charge is 0.490 e. The summed E-state index contributed by atoms with van der Waals surface area (Å²) in [6.07, 6.45) is 2.48. The van der Waals surface area contributed by atoms with Gasteiger partial charge in [0.05, 0.1) is 19.8 Å². The average Bonchev–Trinajstić information content (AvgIpc) is 2.64. The molecule has 0 saturated carbocycles. The van der Waals surface area contributed by atoms with Crippen LogP contribution in [0.15, 0.2) is 24.3 Å². The van der Waals surface area contributed by atoms with Crippen LogP contribution in [0.5, 0.6) is 11.5 Å². The van der Waals surface area contributed by atoms with Crippen LogP contribution >= 0.6 is 0 Å². The number of hydrogen-bond acceptors (Lipinski definition) is 6. The number of rotatable bonds is 12. The number of likely N-dealkylation sites (N-methyl/N-ethyl adjacent to an activating group) is 1. The Kier molecular flexibility index (Phi) is 14.5. The van der Waals surface area contributed by atoms with Crippen LogP contribution in [0.2, 0.25) is 0 Å². The summed E-state index contributed by atoms with van der Waals surface area (Å²) in [5, 5.41) is 14.8. The van der Waals surface area contributed by atoms with E-state index in [9.17, 15) is 0 Å². The molecule has 0 unspecified atom stereocenters. The molecule has 0 heterocycles. The van der Waals surface area contributed by atoms with Crippen LogP contribution in [0.25, 0.3) is 0 Å². The highest BCUT2D eigenvalue weighted by atomic mass is 16.5. The highest BCUT2D eigenvalue weighted by Crippen LogP contribution is 2.26. The molecule has 0 amide bonds. The van der Waals surface area contributed by atoms with Gasteiger partial charge in [0.25, 0.3) is 0 Å². The summed E-state index contributed by atoms with van der Waals surface area (Å²) in [5.74, 6) is -2.08. The molecule has 8 nitrogen and oxygen atoms in total. The van der Waals surface area contributed by atoms with Crippen molar-refractivity contribution in [1.82, 2.24) is 4.90 Å². The van der Waals surface area contributed by atoms with Gasteiger partial charge in [0.1, 0.15) is 6.61 Å². The molecule has 0 spiro atoms. The molecule has 0 aliphatic carbocycles. The SMILES string of the molecule is CCCCN(C)CCOCCOc1ccccc1OCC.O=C(O)C(=O)O. The molecule has 0 atom stereocenters. The van der Waals surface area contributed by atoms with Gasteiger partial charge in [-0.15, -0.1) is 0 Å². The van der Waals surface area contributed by atoms with Crippen molar-refractivity contribution in [3.63, 3.8) is 0 Å². The Morgan fingerprint density at radius 3 is 2.04 bits per heavy atom. The van der Waals surface area contributed by atoms with Gasteiger partial charge in [-0.25, -0.2) is 9.59 Å². The first kappa shape index (κ1) is 24.7. The van der Waals surface area contributed by atoms with Crippen molar-refractivity contribution in [3.05, 3.63) is 24.3 Å². The molecule has 154 valence electrons. The molecule has 0 bridgehead atoms. The van der Waals surface area contributed by atoms with Crippen molar-refractivity contribution in [2.45, 2.75) is 26.7 Å². The van der Waals surface area contributed by atoms with E-state index < -0.39 is 11.9 Å². The van der Waals surface area contributed by atoms with Gasteiger partial charge in [-0.3, -0.25) is 0 Å². The van der Waals surface area contributed by atoms with Crippen LogP contribution in [0.4, 0.5) is 0 Å². The molecule has 2 N–H and O–H groups in total. The van der Waals surface area contributed by atoms with Crippen LogP contribution in [-0.4, -0.2) is 73.6 Å². The zero-order valence-electron chi connectivity index (χ0n) is 16.3. The maximum Gasteiger partial charge on any atom is 0.414 e. The molecule has 0 aromatic heterocycles. The fraction of sp³-hybridized carbons (Fsp3) is 0.579. The predicted molar refractivity (Wildman–Crippen MR) is 102 cm³/mol. The third-order valence-electron chi connectivity index (χ3n) is 3.33. The summed E-state index contributed by atoms with van der Waals surface area (Å²) < 4.78 is 16.8. The summed E-state index contributed by atoms with van der Waals surface area (Å²) in [4.78, 5) is 20.5. The molecule has 8 heteroatoms. The van der Waals surface area contributed by atoms with Gasteiger partial charge < -0.3 is 29.3 Å². The minimum absolute atomic E-state index is 0.544. The van der Waals surface area contributed by atoms with Crippen LogP contribution in [-0.2, 0) is 14.3 Å². The smallest absolute Gasteiger partial charge is 0.414 e. The number of carboxylic acid groups (broad SMARTS) is 2. The first-order valence-electron chi connectivity index (χ1n) is 8.99. The normalized spacial score (nSPS) is 10.1. The molecule has 0 aliphatic rings. The Balaban J connectivity index is 0.000000972.